The Labute approximate surface area is 154 Å². The monoisotopic (exact) mass is 372 g/mol. The van der Waals surface area contributed by atoms with E-state index in [9.17, 15) is 9.18 Å². The van der Waals surface area contributed by atoms with Gasteiger partial charge in [-0.25, -0.2) is 9.18 Å². The highest BCUT2D eigenvalue weighted by Gasteiger charge is 2.23. The van der Waals surface area contributed by atoms with Crippen LogP contribution in [0.4, 0.5) is 4.39 Å². The minimum absolute atomic E-state index is 0.0706. The second kappa shape index (κ2) is 7.38. The average molecular weight is 372 g/mol. The molecule has 0 aliphatic carbocycles. The Hall–Kier alpha value is -2.90. The van der Waals surface area contributed by atoms with Gasteiger partial charge in [-0.3, -0.25) is 0 Å². The van der Waals surface area contributed by atoms with Crippen LogP contribution in [0.5, 0.6) is 5.75 Å². The first-order valence-corrected chi connectivity index (χ1v) is 8.35. The summed E-state index contributed by atoms with van der Waals surface area (Å²) < 4.78 is 40.6. The lowest BCUT2D eigenvalue weighted by Gasteiger charge is -2.20. The summed E-state index contributed by atoms with van der Waals surface area (Å²) in [5.74, 6) is -0.536. The molecule has 6 nitrogen and oxygen atoms in total. The van der Waals surface area contributed by atoms with Gasteiger partial charge in [-0.1, -0.05) is 18.2 Å². The number of halogens is 1. The zero-order chi connectivity index (χ0) is 18.8. The number of carbonyl (C=O) groups is 1. The number of esters is 1. The van der Waals surface area contributed by atoms with E-state index in [1.54, 1.807) is 6.07 Å². The van der Waals surface area contributed by atoms with Crippen molar-refractivity contribution in [2.45, 2.75) is 19.8 Å². The van der Waals surface area contributed by atoms with E-state index in [0.717, 1.165) is 5.39 Å². The summed E-state index contributed by atoms with van der Waals surface area (Å²) in [5, 5.41) is 0.787. The molecule has 4 rings (SSSR count). The number of carbonyl (C=O) groups excluding carboxylic acids is 1. The molecule has 7 heteroatoms. The molecule has 0 radical (unpaired) electrons. The Kier molecular flexibility index (Phi) is 4.79. The number of benzene rings is 2. The molecular weight excluding hydrogens is 355 g/mol. The molecule has 1 aromatic heterocycles. The van der Waals surface area contributed by atoms with Gasteiger partial charge in [0.2, 0.25) is 5.76 Å². The van der Waals surface area contributed by atoms with Gasteiger partial charge in [0, 0.05) is 29.2 Å². The summed E-state index contributed by atoms with van der Waals surface area (Å²) in [4.78, 5) is 12.6. The van der Waals surface area contributed by atoms with Gasteiger partial charge in [0.25, 0.3) is 0 Å². The molecule has 1 aliphatic heterocycles. The zero-order valence-electron chi connectivity index (χ0n) is 14.6. The van der Waals surface area contributed by atoms with Gasteiger partial charge < -0.3 is 23.4 Å². The third-order valence-corrected chi connectivity index (χ3v) is 4.28. The summed E-state index contributed by atoms with van der Waals surface area (Å²) in [6, 6.07) is 9.91. The van der Waals surface area contributed by atoms with Crippen LogP contribution in [0, 0.1) is 5.82 Å². The predicted octanol–water partition coefficient (Wildman–Crippen LogP) is 3.94. The van der Waals surface area contributed by atoms with Crippen LogP contribution in [0.15, 0.2) is 40.8 Å². The molecule has 0 unspecified atom stereocenters. The quantitative estimate of drug-likeness (QED) is 0.632. The first-order valence-electron chi connectivity index (χ1n) is 8.35. The number of para-hydroxylation sites is 1. The highest BCUT2D eigenvalue weighted by molar-refractivity contribution is 5.96. The molecule has 2 heterocycles. The fraction of sp³-hybridized carbons (Fsp3) is 0.250. The Morgan fingerprint density at radius 3 is 2.93 bits per heavy atom. The molecule has 0 saturated carbocycles. The number of hydrogen-bond acceptors (Lipinski definition) is 6. The summed E-state index contributed by atoms with van der Waals surface area (Å²) in [6.45, 7) is 0.371. The topological polar surface area (TPSA) is 67.1 Å². The molecule has 0 spiro atoms. The number of furan rings is 1. The predicted molar refractivity (Wildman–Crippen MR) is 92.7 cm³/mol. The summed E-state index contributed by atoms with van der Waals surface area (Å²) in [5.41, 5.74) is 2.20. The first-order chi connectivity index (χ1) is 13.2. The molecule has 2 aromatic carbocycles. The van der Waals surface area contributed by atoms with Crippen LogP contribution in [-0.4, -0.2) is 19.9 Å². The number of rotatable bonds is 5. The molecule has 0 atom stereocenters. The van der Waals surface area contributed by atoms with Crippen LogP contribution >= 0.6 is 0 Å². The third-order valence-electron chi connectivity index (χ3n) is 4.28. The zero-order valence-corrected chi connectivity index (χ0v) is 14.6. The minimum Gasteiger partial charge on any atom is -0.467 e. The smallest absolute Gasteiger partial charge is 0.374 e. The minimum atomic E-state index is -0.650. The molecule has 0 amide bonds. The van der Waals surface area contributed by atoms with Crippen molar-refractivity contribution in [2.24, 2.45) is 0 Å². The van der Waals surface area contributed by atoms with Crippen molar-refractivity contribution in [2.75, 3.05) is 13.9 Å². The van der Waals surface area contributed by atoms with E-state index in [1.165, 1.54) is 19.2 Å². The van der Waals surface area contributed by atoms with Crippen LogP contribution in [0.3, 0.4) is 0 Å². The Morgan fingerprint density at radius 1 is 1.22 bits per heavy atom. The number of hydrogen-bond donors (Lipinski definition) is 0. The summed E-state index contributed by atoms with van der Waals surface area (Å²) in [7, 11) is 1.54. The van der Waals surface area contributed by atoms with Crippen molar-refractivity contribution >= 4 is 16.9 Å². The average Bonchev–Trinajstić information content (AvgIpc) is 3.05. The lowest BCUT2D eigenvalue weighted by atomic mass is 10.1. The number of ether oxygens (including phenoxy) is 4. The van der Waals surface area contributed by atoms with Crippen LogP contribution < -0.4 is 4.74 Å². The van der Waals surface area contributed by atoms with Gasteiger partial charge in [-0.05, 0) is 18.2 Å². The van der Waals surface area contributed by atoms with Crippen molar-refractivity contribution in [3.63, 3.8) is 0 Å². The molecule has 0 saturated heterocycles. The Bertz CT molecular complexity index is 994. The SMILES string of the molecule is COCc1c(C(=O)OCc2cc(F)cc3c2OCOC3)oc2ccccc12. The fourth-order valence-electron chi connectivity index (χ4n) is 3.12. The normalized spacial score (nSPS) is 13.3. The van der Waals surface area contributed by atoms with Crippen LogP contribution in [0.2, 0.25) is 0 Å². The van der Waals surface area contributed by atoms with E-state index in [4.69, 9.17) is 23.4 Å². The maximum absolute atomic E-state index is 13.8. The number of fused-ring (bicyclic) bond motifs is 2. The van der Waals surface area contributed by atoms with E-state index >= 15 is 0 Å². The second-order valence-corrected chi connectivity index (χ2v) is 6.08. The molecular formula is C20H17FO6. The van der Waals surface area contributed by atoms with Crippen molar-refractivity contribution in [1.29, 1.82) is 0 Å². The Balaban J connectivity index is 1.60. The molecule has 0 bridgehead atoms. The summed E-state index contributed by atoms with van der Waals surface area (Å²) in [6.07, 6.45) is 0. The molecule has 0 N–H and O–H groups in total. The highest BCUT2D eigenvalue weighted by atomic mass is 19.1. The van der Waals surface area contributed by atoms with Gasteiger partial charge in [0.1, 0.15) is 23.8 Å². The lowest BCUT2D eigenvalue weighted by molar-refractivity contribution is -0.0183. The van der Waals surface area contributed by atoms with Gasteiger partial charge >= 0.3 is 5.97 Å². The maximum Gasteiger partial charge on any atom is 0.374 e. The molecule has 140 valence electrons. The van der Waals surface area contributed by atoms with Gasteiger partial charge in [0.05, 0.1) is 13.2 Å². The van der Waals surface area contributed by atoms with Crippen LogP contribution in [0.25, 0.3) is 11.0 Å². The van der Waals surface area contributed by atoms with Crippen molar-refractivity contribution < 1.29 is 32.5 Å². The van der Waals surface area contributed by atoms with E-state index in [-0.39, 0.29) is 32.4 Å². The van der Waals surface area contributed by atoms with Gasteiger partial charge in [-0.2, -0.15) is 0 Å². The first kappa shape index (κ1) is 17.5. The molecule has 0 fully saturated rings. The van der Waals surface area contributed by atoms with Gasteiger partial charge in [0.15, 0.2) is 6.79 Å². The standard InChI is InChI=1S/C20H17FO6/c1-23-10-16-15-4-2-3-5-17(15)27-19(16)20(22)25-9-13-7-14(21)6-12-8-24-11-26-18(12)13/h2-7H,8-11H2,1H3. The van der Waals surface area contributed by atoms with Crippen molar-refractivity contribution in [3.8, 4) is 5.75 Å². The van der Waals surface area contributed by atoms with E-state index < -0.39 is 11.8 Å². The van der Waals surface area contributed by atoms with Crippen molar-refractivity contribution in [3.05, 3.63) is 64.7 Å². The third kappa shape index (κ3) is 3.39. The van der Waals surface area contributed by atoms with Gasteiger partial charge in [-0.15, -0.1) is 0 Å². The van der Waals surface area contributed by atoms with E-state index in [0.29, 0.717) is 28.0 Å². The van der Waals surface area contributed by atoms with Crippen LogP contribution in [-0.2, 0) is 34.0 Å². The van der Waals surface area contributed by atoms with E-state index in [1.807, 2.05) is 18.2 Å². The molecule has 27 heavy (non-hydrogen) atoms. The largest absolute Gasteiger partial charge is 0.467 e. The molecule has 1 aliphatic rings. The Morgan fingerprint density at radius 2 is 2.07 bits per heavy atom. The highest BCUT2D eigenvalue weighted by Crippen LogP contribution is 2.31. The van der Waals surface area contributed by atoms with E-state index in [2.05, 4.69) is 0 Å². The number of methoxy groups -OCH3 is 1. The maximum atomic E-state index is 13.8. The summed E-state index contributed by atoms with van der Waals surface area (Å²) >= 11 is 0. The molecule has 3 aromatic rings. The van der Waals surface area contributed by atoms with Crippen LogP contribution in [0.1, 0.15) is 27.2 Å². The fourth-order valence-corrected chi connectivity index (χ4v) is 3.12. The van der Waals surface area contributed by atoms with Crippen molar-refractivity contribution in [1.82, 2.24) is 0 Å². The lowest BCUT2D eigenvalue weighted by Crippen LogP contribution is -2.15. The second-order valence-electron chi connectivity index (χ2n) is 6.08.